The van der Waals surface area contributed by atoms with Gasteiger partial charge in [-0.05, 0) is 48.1 Å². The predicted molar refractivity (Wildman–Crippen MR) is 75.3 cm³/mol. The number of aliphatic hydroxyl groups is 1. The normalized spacial score (nSPS) is 12.4. The maximum atomic E-state index is 10.3. The minimum atomic E-state index is -0.537. The Morgan fingerprint density at radius 1 is 1.22 bits per heavy atom. The van der Waals surface area contributed by atoms with Crippen LogP contribution in [0.4, 0.5) is 0 Å². The highest BCUT2D eigenvalue weighted by Gasteiger charge is 2.13. The van der Waals surface area contributed by atoms with Crippen molar-refractivity contribution in [3.8, 4) is 5.75 Å². The number of thiophene rings is 1. The molecule has 1 aromatic heterocycles. The summed E-state index contributed by atoms with van der Waals surface area (Å²) in [6.07, 6.45) is 0.462. The molecule has 2 nitrogen and oxygen atoms in total. The number of ether oxygens (including phenoxy) is 1. The average Bonchev–Trinajstić information content (AvgIpc) is 2.82. The lowest BCUT2D eigenvalue weighted by Crippen LogP contribution is -1.99. The fourth-order valence-electron chi connectivity index (χ4n) is 1.78. The zero-order chi connectivity index (χ0) is 13.0. The molecule has 1 atom stereocenters. The molecule has 0 radical (unpaired) electrons. The quantitative estimate of drug-likeness (QED) is 0.884. The zero-order valence-corrected chi connectivity index (χ0v) is 11.5. The van der Waals surface area contributed by atoms with E-state index >= 15 is 0 Å². The summed E-state index contributed by atoms with van der Waals surface area (Å²) in [5, 5.41) is 12.3. The molecule has 1 aromatic carbocycles. The van der Waals surface area contributed by atoms with Gasteiger partial charge in [-0.3, -0.25) is 0 Å². The minimum Gasteiger partial charge on any atom is -0.494 e. The smallest absolute Gasteiger partial charge is 0.119 e. The molecule has 0 aliphatic carbocycles. The van der Waals surface area contributed by atoms with Crippen LogP contribution in [0.25, 0.3) is 0 Å². The highest BCUT2D eigenvalue weighted by molar-refractivity contribution is 7.10. The van der Waals surface area contributed by atoms with Gasteiger partial charge >= 0.3 is 0 Å². The van der Waals surface area contributed by atoms with E-state index < -0.39 is 6.10 Å². The summed E-state index contributed by atoms with van der Waals surface area (Å²) in [6, 6.07) is 9.71. The Morgan fingerprint density at radius 3 is 2.50 bits per heavy atom. The molecule has 2 rings (SSSR count). The molecule has 0 aliphatic heterocycles. The number of benzene rings is 1. The molecule has 1 N–H and O–H groups in total. The van der Waals surface area contributed by atoms with Crippen LogP contribution in [0.1, 0.15) is 35.5 Å². The second kappa shape index (κ2) is 6.03. The first-order valence-electron chi connectivity index (χ1n) is 6.17. The van der Waals surface area contributed by atoms with Gasteiger partial charge in [0.2, 0.25) is 0 Å². The third-order valence-corrected chi connectivity index (χ3v) is 3.89. The summed E-state index contributed by atoms with van der Waals surface area (Å²) < 4.78 is 5.53. The molecule has 0 bridgehead atoms. The topological polar surface area (TPSA) is 29.5 Å². The molecule has 0 spiro atoms. The molecule has 0 fully saturated rings. The average molecular weight is 262 g/mol. The van der Waals surface area contributed by atoms with Gasteiger partial charge < -0.3 is 9.84 Å². The van der Waals surface area contributed by atoms with E-state index in [4.69, 9.17) is 4.74 Å². The number of aliphatic hydroxyl groups excluding tert-OH is 1. The van der Waals surface area contributed by atoms with Gasteiger partial charge in [0.25, 0.3) is 0 Å². The third-order valence-electron chi connectivity index (χ3n) is 2.82. The minimum absolute atomic E-state index is 0.537. The molecule has 18 heavy (non-hydrogen) atoms. The van der Waals surface area contributed by atoms with Crippen LogP contribution in [-0.4, -0.2) is 11.7 Å². The second-order valence-electron chi connectivity index (χ2n) is 4.29. The van der Waals surface area contributed by atoms with Crippen LogP contribution in [0, 0.1) is 6.92 Å². The van der Waals surface area contributed by atoms with Crippen molar-refractivity contribution in [1.29, 1.82) is 0 Å². The van der Waals surface area contributed by atoms with Crippen LogP contribution in [0.15, 0.2) is 35.7 Å². The summed E-state index contributed by atoms with van der Waals surface area (Å²) >= 11 is 1.59. The Morgan fingerprint density at radius 2 is 1.94 bits per heavy atom. The highest BCUT2D eigenvalue weighted by Crippen LogP contribution is 2.30. The van der Waals surface area contributed by atoms with Crippen molar-refractivity contribution in [3.63, 3.8) is 0 Å². The van der Waals surface area contributed by atoms with Crippen LogP contribution >= 0.6 is 11.3 Å². The lowest BCUT2D eigenvalue weighted by molar-refractivity contribution is 0.223. The Hall–Kier alpha value is -1.32. The SMILES string of the molecule is CCCOc1ccc(C(O)c2sccc2C)cc1. The van der Waals surface area contributed by atoms with Crippen molar-refractivity contribution in [2.24, 2.45) is 0 Å². The molecule has 1 unspecified atom stereocenters. The van der Waals surface area contributed by atoms with Gasteiger partial charge in [0.1, 0.15) is 11.9 Å². The summed E-state index contributed by atoms with van der Waals surface area (Å²) in [5.41, 5.74) is 2.04. The maximum Gasteiger partial charge on any atom is 0.119 e. The Labute approximate surface area is 112 Å². The first-order chi connectivity index (χ1) is 8.72. The summed E-state index contributed by atoms with van der Waals surface area (Å²) in [6.45, 7) is 4.83. The van der Waals surface area contributed by atoms with Gasteiger partial charge in [-0.25, -0.2) is 0 Å². The summed E-state index contributed by atoms with van der Waals surface area (Å²) in [4.78, 5) is 1.01. The lowest BCUT2D eigenvalue weighted by atomic mass is 10.1. The van der Waals surface area contributed by atoms with Crippen LogP contribution in [0.2, 0.25) is 0 Å². The highest BCUT2D eigenvalue weighted by atomic mass is 32.1. The molecule has 0 saturated carbocycles. The van der Waals surface area contributed by atoms with E-state index in [1.54, 1.807) is 11.3 Å². The number of aryl methyl sites for hydroxylation is 1. The molecule has 96 valence electrons. The van der Waals surface area contributed by atoms with Crippen molar-refractivity contribution >= 4 is 11.3 Å². The zero-order valence-electron chi connectivity index (χ0n) is 10.7. The molecule has 0 aliphatic rings. The number of rotatable bonds is 5. The van der Waals surface area contributed by atoms with Crippen molar-refractivity contribution in [2.45, 2.75) is 26.4 Å². The number of hydrogen-bond donors (Lipinski definition) is 1. The van der Waals surface area contributed by atoms with E-state index in [1.807, 2.05) is 42.6 Å². The van der Waals surface area contributed by atoms with E-state index in [0.29, 0.717) is 0 Å². The predicted octanol–water partition coefficient (Wildman–Crippen LogP) is 3.93. The standard InChI is InChI=1S/C15H18O2S/c1-3-9-17-13-6-4-12(5-7-13)14(16)15-11(2)8-10-18-15/h4-8,10,14,16H,3,9H2,1-2H3. The van der Waals surface area contributed by atoms with Crippen molar-refractivity contribution in [3.05, 3.63) is 51.7 Å². The van der Waals surface area contributed by atoms with Crippen molar-refractivity contribution in [1.82, 2.24) is 0 Å². The van der Waals surface area contributed by atoms with Gasteiger partial charge in [-0.15, -0.1) is 11.3 Å². The molecular weight excluding hydrogens is 244 g/mol. The maximum absolute atomic E-state index is 10.3. The van der Waals surface area contributed by atoms with Crippen molar-refractivity contribution < 1.29 is 9.84 Å². The second-order valence-corrected chi connectivity index (χ2v) is 5.24. The first-order valence-corrected chi connectivity index (χ1v) is 7.05. The fraction of sp³-hybridized carbons (Fsp3) is 0.333. The number of hydrogen-bond acceptors (Lipinski definition) is 3. The fourth-order valence-corrected chi connectivity index (χ4v) is 2.72. The monoisotopic (exact) mass is 262 g/mol. The molecule has 0 saturated heterocycles. The Balaban J connectivity index is 2.12. The van der Waals surface area contributed by atoms with Gasteiger partial charge in [0, 0.05) is 4.88 Å². The first kappa shape index (κ1) is 13.1. The van der Waals surface area contributed by atoms with E-state index in [9.17, 15) is 5.11 Å². The van der Waals surface area contributed by atoms with Gasteiger partial charge in [-0.1, -0.05) is 19.1 Å². The van der Waals surface area contributed by atoms with Gasteiger partial charge in [0.05, 0.1) is 6.61 Å². The van der Waals surface area contributed by atoms with E-state index in [-0.39, 0.29) is 0 Å². The molecule has 3 heteroatoms. The van der Waals surface area contributed by atoms with Crippen LogP contribution in [0.5, 0.6) is 5.75 Å². The van der Waals surface area contributed by atoms with E-state index in [1.165, 1.54) is 0 Å². The van der Waals surface area contributed by atoms with Crippen LogP contribution < -0.4 is 4.74 Å². The van der Waals surface area contributed by atoms with Gasteiger partial charge in [0.15, 0.2) is 0 Å². The lowest BCUT2D eigenvalue weighted by Gasteiger charge is -2.11. The van der Waals surface area contributed by atoms with Crippen molar-refractivity contribution in [2.75, 3.05) is 6.61 Å². The molecule has 2 aromatic rings. The molecule has 0 amide bonds. The van der Waals surface area contributed by atoms with Crippen LogP contribution in [0.3, 0.4) is 0 Å². The Kier molecular flexibility index (Phi) is 4.39. The van der Waals surface area contributed by atoms with Gasteiger partial charge in [-0.2, -0.15) is 0 Å². The largest absolute Gasteiger partial charge is 0.494 e. The van der Waals surface area contributed by atoms with E-state index in [2.05, 4.69) is 6.92 Å². The van der Waals surface area contributed by atoms with Crippen LogP contribution in [-0.2, 0) is 0 Å². The molecule has 1 heterocycles. The Bertz CT molecular complexity index is 487. The molecular formula is C15H18O2S. The third kappa shape index (κ3) is 2.92. The van der Waals surface area contributed by atoms with E-state index in [0.717, 1.165) is 34.8 Å². The summed E-state index contributed by atoms with van der Waals surface area (Å²) in [5.74, 6) is 0.857. The summed E-state index contributed by atoms with van der Waals surface area (Å²) in [7, 11) is 0.